The summed E-state index contributed by atoms with van der Waals surface area (Å²) in [6.45, 7) is 6.70. The topological polar surface area (TPSA) is 52.7 Å². The van der Waals surface area contributed by atoms with Crippen LogP contribution >= 0.6 is 11.6 Å². The molecule has 0 radical (unpaired) electrons. The molecule has 0 spiro atoms. The van der Waals surface area contributed by atoms with Gasteiger partial charge in [0.2, 0.25) is 5.91 Å². The van der Waals surface area contributed by atoms with Crippen LogP contribution in [0.2, 0.25) is 5.02 Å². The molecular formula is C25H32ClN3O2. The first kappa shape index (κ1) is 23.1. The number of nitrogens with one attached hydrogen (secondary N) is 1. The number of hydrogen-bond donors (Lipinski definition) is 1. The molecule has 0 heterocycles. The Kier molecular flexibility index (Phi) is 7.26. The number of nitrogens with zero attached hydrogens (tertiary/aromatic N) is 2. The lowest BCUT2D eigenvalue weighted by Gasteiger charge is -2.33. The minimum atomic E-state index is -0.0936. The van der Waals surface area contributed by atoms with E-state index in [2.05, 4.69) is 26.1 Å². The number of halogens is 1. The van der Waals surface area contributed by atoms with Gasteiger partial charge in [0, 0.05) is 44.0 Å². The van der Waals surface area contributed by atoms with Crippen molar-refractivity contribution in [1.29, 1.82) is 0 Å². The lowest BCUT2D eigenvalue weighted by molar-refractivity contribution is -0.117. The quantitative estimate of drug-likeness (QED) is 0.593. The fourth-order valence-electron chi connectivity index (χ4n) is 3.55. The van der Waals surface area contributed by atoms with E-state index >= 15 is 0 Å². The summed E-state index contributed by atoms with van der Waals surface area (Å²) in [5.41, 5.74) is 3.25. The molecule has 2 aromatic rings. The average Bonchev–Trinajstić information content (AvgIpc) is 3.56. The van der Waals surface area contributed by atoms with Crippen molar-refractivity contribution in [1.82, 2.24) is 4.90 Å². The fraction of sp³-hybridized carbons (Fsp3) is 0.440. The number of amides is 2. The molecule has 166 valence electrons. The maximum atomic E-state index is 13.5. The van der Waals surface area contributed by atoms with Crippen LogP contribution in [0.1, 0.15) is 49.5 Å². The predicted molar refractivity (Wildman–Crippen MR) is 128 cm³/mol. The summed E-state index contributed by atoms with van der Waals surface area (Å²) in [6, 6.07) is 13.1. The number of anilines is 2. The normalized spacial score (nSPS) is 14.3. The van der Waals surface area contributed by atoms with Crippen molar-refractivity contribution in [2.45, 2.75) is 46.2 Å². The predicted octanol–water partition coefficient (Wildman–Crippen LogP) is 5.44. The Bertz CT molecular complexity index is 954. The SMILES string of the molecule is CC(C)C(C)N(Cc1cc(NC(=O)C2CC2)ccc1N(C)C)C(=O)c1ccccc1Cl. The average molecular weight is 442 g/mol. The first-order chi connectivity index (χ1) is 14.7. The maximum absolute atomic E-state index is 13.5. The highest BCUT2D eigenvalue weighted by molar-refractivity contribution is 6.33. The zero-order valence-corrected chi connectivity index (χ0v) is 19.7. The van der Waals surface area contributed by atoms with E-state index in [1.165, 1.54) is 0 Å². The molecule has 1 unspecified atom stereocenters. The van der Waals surface area contributed by atoms with E-state index in [9.17, 15) is 9.59 Å². The Morgan fingerprint density at radius 3 is 2.35 bits per heavy atom. The van der Waals surface area contributed by atoms with Crippen LogP contribution in [-0.4, -0.2) is 36.9 Å². The Labute approximate surface area is 190 Å². The number of benzene rings is 2. The van der Waals surface area contributed by atoms with Crippen molar-refractivity contribution in [3.05, 3.63) is 58.6 Å². The van der Waals surface area contributed by atoms with Gasteiger partial charge in [-0.1, -0.05) is 37.6 Å². The largest absolute Gasteiger partial charge is 0.377 e. The van der Waals surface area contributed by atoms with Crippen molar-refractivity contribution < 1.29 is 9.59 Å². The summed E-state index contributed by atoms with van der Waals surface area (Å²) in [4.78, 5) is 29.7. The minimum Gasteiger partial charge on any atom is -0.377 e. The molecule has 2 aromatic carbocycles. The van der Waals surface area contributed by atoms with Crippen molar-refractivity contribution in [3.8, 4) is 0 Å². The standard InChI is InChI=1S/C25H32ClN3O2/c1-16(2)17(3)29(25(31)21-8-6-7-9-22(21)26)15-19-14-20(12-13-23(19)28(4)5)27-24(30)18-10-11-18/h6-9,12-14,16-18H,10-11,15H2,1-5H3,(H,27,30). The van der Waals surface area contributed by atoms with Crippen LogP contribution in [0, 0.1) is 11.8 Å². The summed E-state index contributed by atoms with van der Waals surface area (Å²) in [5, 5.41) is 3.47. The van der Waals surface area contributed by atoms with Crippen LogP contribution in [0.15, 0.2) is 42.5 Å². The van der Waals surface area contributed by atoms with Gasteiger partial charge in [0.25, 0.3) is 5.91 Å². The number of carbonyl (C=O) groups excluding carboxylic acids is 2. The van der Waals surface area contributed by atoms with Gasteiger partial charge in [-0.2, -0.15) is 0 Å². The molecular weight excluding hydrogens is 410 g/mol. The summed E-state index contributed by atoms with van der Waals surface area (Å²) in [5.74, 6) is 0.384. The highest BCUT2D eigenvalue weighted by Crippen LogP contribution is 2.32. The molecule has 1 saturated carbocycles. The van der Waals surface area contributed by atoms with E-state index in [1.54, 1.807) is 12.1 Å². The molecule has 0 saturated heterocycles. The Hall–Kier alpha value is -2.53. The third-order valence-corrected chi connectivity index (χ3v) is 6.27. The van der Waals surface area contributed by atoms with E-state index < -0.39 is 0 Å². The summed E-state index contributed by atoms with van der Waals surface area (Å²) in [6.07, 6.45) is 1.92. The second-order valence-corrected chi connectivity index (χ2v) is 9.31. The maximum Gasteiger partial charge on any atom is 0.255 e. The first-order valence-corrected chi connectivity index (χ1v) is 11.2. The van der Waals surface area contributed by atoms with Gasteiger partial charge in [-0.15, -0.1) is 0 Å². The third kappa shape index (κ3) is 5.59. The van der Waals surface area contributed by atoms with Gasteiger partial charge in [0.1, 0.15) is 0 Å². The highest BCUT2D eigenvalue weighted by atomic mass is 35.5. The van der Waals surface area contributed by atoms with Crippen LogP contribution in [0.5, 0.6) is 0 Å². The minimum absolute atomic E-state index is 0.00324. The van der Waals surface area contributed by atoms with Crippen LogP contribution in [0.25, 0.3) is 0 Å². The van der Waals surface area contributed by atoms with Crippen LogP contribution in [0.4, 0.5) is 11.4 Å². The molecule has 3 rings (SSSR count). The van der Waals surface area contributed by atoms with Gasteiger partial charge in [0.05, 0.1) is 10.6 Å². The van der Waals surface area contributed by atoms with E-state index in [0.717, 1.165) is 29.8 Å². The van der Waals surface area contributed by atoms with Gasteiger partial charge in [-0.05, 0) is 61.6 Å². The monoisotopic (exact) mass is 441 g/mol. The zero-order valence-electron chi connectivity index (χ0n) is 19.0. The van der Waals surface area contributed by atoms with Gasteiger partial charge in [0.15, 0.2) is 0 Å². The second-order valence-electron chi connectivity index (χ2n) is 8.90. The van der Waals surface area contributed by atoms with E-state index in [1.807, 2.05) is 54.2 Å². The van der Waals surface area contributed by atoms with Gasteiger partial charge >= 0.3 is 0 Å². The molecule has 5 nitrogen and oxygen atoms in total. The first-order valence-electron chi connectivity index (χ1n) is 10.9. The smallest absolute Gasteiger partial charge is 0.255 e. The molecule has 1 aliphatic rings. The molecule has 1 aliphatic carbocycles. The molecule has 1 N–H and O–H groups in total. The fourth-order valence-corrected chi connectivity index (χ4v) is 3.77. The highest BCUT2D eigenvalue weighted by Gasteiger charge is 2.30. The molecule has 0 aromatic heterocycles. The zero-order chi connectivity index (χ0) is 22.7. The Morgan fingerprint density at radius 2 is 1.77 bits per heavy atom. The van der Waals surface area contributed by atoms with Gasteiger partial charge in [-0.3, -0.25) is 9.59 Å². The molecule has 0 aliphatic heterocycles. The molecule has 1 fully saturated rings. The number of hydrogen-bond acceptors (Lipinski definition) is 3. The molecule has 1 atom stereocenters. The molecule has 31 heavy (non-hydrogen) atoms. The number of rotatable bonds is 8. The van der Waals surface area contributed by atoms with Crippen molar-refractivity contribution in [3.63, 3.8) is 0 Å². The van der Waals surface area contributed by atoms with Crippen molar-refractivity contribution in [2.24, 2.45) is 11.8 Å². The van der Waals surface area contributed by atoms with Gasteiger partial charge < -0.3 is 15.1 Å². The van der Waals surface area contributed by atoms with Crippen LogP contribution < -0.4 is 10.2 Å². The number of carbonyl (C=O) groups is 2. The van der Waals surface area contributed by atoms with Crippen LogP contribution in [0.3, 0.4) is 0 Å². The summed E-state index contributed by atoms with van der Waals surface area (Å²) >= 11 is 6.35. The van der Waals surface area contributed by atoms with Crippen molar-refractivity contribution in [2.75, 3.05) is 24.3 Å². The second kappa shape index (κ2) is 9.73. The summed E-state index contributed by atoms with van der Waals surface area (Å²) < 4.78 is 0. The van der Waals surface area contributed by atoms with E-state index in [0.29, 0.717) is 17.1 Å². The van der Waals surface area contributed by atoms with E-state index in [4.69, 9.17) is 11.6 Å². The van der Waals surface area contributed by atoms with Crippen LogP contribution in [-0.2, 0) is 11.3 Å². The Morgan fingerprint density at radius 1 is 1.10 bits per heavy atom. The van der Waals surface area contributed by atoms with Gasteiger partial charge in [-0.25, -0.2) is 0 Å². The molecule has 0 bridgehead atoms. The van der Waals surface area contributed by atoms with E-state index in [-0.39, 0.29) is 29.7 Å². The lowest BCUT2D eigenvalue weighted by atomic mass is 10.0. The third-order valence-electron chi connectivity index (χ3n) is 5.94. The Balaban J connectivity index is 1.95. The lowest BCUT2D eigenvalue weighted by Crippen LogP contribution is -2.41. The molecule has 2 amide bonds. The van der Waals surface area contributed by atoms with Crippen molar-refractivity contribution >= 4 is 34.8 Å². The molecule has 6 heteroatoms. The summed E-state index contributed by atoms with van der Waals surface area (Å²) in [7, 11) is 3.96.